The summed E-state index contributed by atoms with van der Waals surface area (Å²) in [6.07, 6.45) is 2.25. The maximum atomic E-state index is 14.0. The summed E-state index contributed by atoms with van der Waals surface area (Å²) in [6, 6.07) is 0. The first-order valence-corrected chi connectivity index (χ1v) is 5.46. The third-order valence-corrected chi connectivity index (χ3v) is 3.17. The van der Waals surface area contributed by atoms with Crippen LogP contribution in [0.1, 0.15) is 6.42 Å². The van der Waals surface area contributed by atoms with Gasteiger partial charge in [-0.15, -0.1) is 6.58 Å². The summed E-state index contributed by atoms with van der Waals surface area (Å²) in [4.78, 5) is 10.7. The molecule has 0 radical (unpaired) electrons. The molecule has 1 aliphatic carbocycles. The van der Waals surface area contributed by atoms with E-state index in [4.69, 9.17) is 0 Å². The van der Waals surface area contributed by atoms with Gasteiger partial charge in [-0.1, -0.05) is 18.2 Å². The number of rotatable bonds is 3. The molecule has 0 saturated carbocycles. The quantitative estimate of drug-likeness (QED) is 0.378. The van der Waals surface area contributed by atoms with E-state index < -0.39 is 31.4 Å². The van der Waals surface area contributed by atoms with Crippen LogP contribution in [0.25, 0.3) is 0 Å². The van der Waals surface area contributed by atoms with E-state index in [1.165, 1.54) is 0 Å². The van der Waals surface area contributed by atoms with E-state index in [1.807, 2.05) is 0 Å². The monoisotopic (exact) mass is 260 g/mol. The number of halogens is 3. The molecule has 0 saturated heterocycles. The molecule has 1 aliphatic rings. The van der Waals surface area contributed by atoms with Crippen molar-refractivity contribution in [1.29, 1.82) is 0 Å². The minimum absolute atomic E-state index is 0. The van der Waals surface area contributed by atoms with Crippen molar-refractivity contribution in [3.63, 3.8) is 0 Å². The van der Waals surface area contributed by atoms with Crippen molar-refractivity contribution in [2.24, 2.45) is 0 Å². The molecule has 0 N–H and O–H groups in total. The van der Waals surface area contributed by atoms with Gasteiger partial charge in [0.25, 0.3) is 0 Å². The summed E-state index contributed by atoms with van der Waals surface area (Å²) >= 11 is 0. The van der Waals surface area contributed by atoms with Crippen molar-refractivity contribution in [2.75, 3.05) is 0 Å². The van der Waals surface area contributed by atoms with Gasteiger partial charge in [0.15, 0.2) is 0 Å². The molecule has 0 bridgehead atoms. The zero-order chi connectivity index (χ0) is 11.7. The zero-order valence-electron chi connectivity index (χ0n) is 8.67. The second-order valence-corrected chi connectivity index (χ2v) is 4.26. The summed E-state index contributed by atoms with van der Waals surface area (Å²) in [5, 5.41) is -0.875. The molecule has 0 aromatic carbocycles. The summed E-state index contributed by atoms with van der Waals surface area (Å²) in [5.41, 5.74) is -3.19. The number of allylic oxidation sites excluding steroid dienone is 5. The van der Waals surface area contributed by atoms with E-state index in [2.05, 4.69) is 6.58 Å². The molecule has 0 spiro atoms. The van der Waals surface area contributed by atoms with Crippen LogP contribution >= 0.6 is 8.03 Å². The van der Waals surface area contributed by atoms with Crippen LogP contribution in [0.4, 0.5) is 13.2 Å². The molecule has 0 aromatic heterocycles. The third kappa shape index (κ3) is 2.71. The van der Waals surface area contributed by atoms with Crippen LogP contribution in [0.3, 0.4) is 0 Å². The summed E-state index contributed by atoms with van der Waals surface area (Å²) in [6.45, 7) is 3.14. The molecule has 2 atom stereocenters. The predicted octanol–water partition coefficient (Wildman–Crippen LogP) is -0.801. The Hall–Kier alpha value is 0.200. The van der Waals surface area contributed by atoms with Crippen LogP contribution in [0.2, 0.25) is 0 Å². The molecule has 2 unspecified atom stereocenters. The molecule has 0 fully saturated rings. The van der Waals surface area contributed by atoms with Crippen molar-refractivity contribution in [3.05, 3.63) is 36.2 Å². The van der Waals surface area contributed by atoms with Crippen molar-refractivity contribution < 1.29 is 52.2 Å². The summed E-state index contributed by atoms with van der Waals surface area (Å²) in [5.74, 6) is -3.82. The third-order valence-electron chi connectivity index (χ3n) is 2.17. The fourth-order valence-corrected chi connectivity index (χ4v) is 2.21. The van der Waals surface area contributed by atoms with Crippen LogP contribution in [-0.4, -0.2) is 11.6 Å². The maximum Gasteiger partial charge on any atom is 1.00 e. The minimum Gasteiger partial charge on any atom is -0.798 e. The fraction of sp³-hybridized carbons (Fsp3) is 0.333. The topological polar surface area (TPSA) is 40.1 Å². The molecule has 16 heavy (non-hydrogen) atoms. The minimum atomic E-state index is -3.82. The molecule has 0 amide bonds. The van der Waals surface area contributed by atoms with Gasteiger partial charge in [-0.25, -0.2) is 4.39 Å². The first-order valence-electron chi connectivity index (χ1n) is 4.14. The van der Waals surface area contributed by atoms with E-state index in [0.29, 0.717) is 6.08 Å². The van der Waals surface area contributed by atoms with Gasteiger partial charge in [-0.2, -0.15) is 8.78 Å². The maximum absolute atomic E-state index is 14.0. The van der Waals surface area contributed by atoms with Gasteiger partial charge in [0, 0.05) is 19.8 Å². The zero-order valence-corrected chi connectivity index (χ0v) is 11.7. The number of hydrogen-bond acceptors (Lipinski definition) is 2. The average molecular weight is 260 g/mol. The van der Waals surface area contributed by atoms with Crippen LogP contribution in [0.15, 0.2) is 36.2 Å². The largest absolute Gasteiger partial charge is 1.00 e. The normalized spacial score (nSPS) is 28.9. The Balaban J connectivity index is 0.00000225. The molecule has 1 rings (SSSR count). The predicted molar refractivity (Wildman–Crippen MR) is 49.8 cm³/mol. The Kier molecular flexibility index (Phi) is 5.77. The van der Waals surface area contributed by atoms with E-state index in [9.17, 15) is 22.6 Å². The second-order valence-electron chi connectivity index (χ2n) is 3.14. The fourth-order valence-electron chi connectivity index (χ4n) is 1.38. The Morgan fingerprint density at radius 3 is 2.50 bits per heavy atom. The molecular formula is C9H9F3NaO2P. The molecule has 2 nitrogen and oxygen atoms in total. The van der Waals surface area contributed by atoms with E-state index in [-0.39, 0.29) is 29.6 Å². The van der Waals surface area contributed by atoms with E-state index in [0.717, 1.165) is 18.2 Å². The molecular weight excluding hydrogens is 251 g/mol. The number of hydrogen-bond donors (Lipinski definition) is 0. The van der Waals surface area contributed by atoms with Crippen LogP contribution < -0.4 is 34.5 Å². The van der Waals surface area contributed by atoms with Crippen molar-refractivity contribution in [1.82, 2.24) is 0 Å². The van der Waals surface area contributed by atoms with Gasteiger partial charge in [-0.3, -0.25) is 0 Å². The van der Waals surface area contributed by atoms with Gasteiger partial charge in [0.05, 0.1) is 0 Å². The van der Waals surface area contributed by atoms with Crippen LogP contribution in [-0.2, 0) is 4.57 Å². The second kappa shape index (κ2) is 5.69. The SMILES string of the molecule is C=CCC1(F)C([PH](=O)[O-])=CC=CC1(F)F.[Na+]. The van der Waals surface area contributed by atoms with Crippen molar-refractivity contribution in [2.45, 2.75) is 18.0 Å². The molecule has 0 aliphatic heterocycles. The first-order chi connectivity index (χ1) is 6.85. The number of alkyl halides is 3. The van der Waals surface area contributed by atoms with Gasteiger partial charge < -0.3 is 9.46 Å². The van der Waals surface area contributed by atoms with Gasteiger partial charge in [-0.05, 0) is 6.08 Å². The molecule has 0 heterocycles. The van der Waals surface area contributed by atoms with Crippen molar-refractivity contribution in [3.8, 4) is 0 Å². The Morgan fingerprint density at radius 1 is 1.50 bits per heavy atom. The Morgan fingerprint density at radius 2 is 2.06 bits per heavy atom. The van der Waals surface area contributed by atoms with Crippen LogP contribution in [0.5, 0.6) is 0 Å². The first kappa shape index (κ1) is 16.2. The van der Waals surface area contributed by atoms with Crippen molar-refractivity contribution >= 4 is 8.03 Å². The Bertz CT molecular complexity index is 368. The van der Waals surface area contributed by atoms with Gasteiger partial charge >= 0.3 is 35.5 Å². The standard InChI is InChI=1S/C9H10F3O2P.Na/c1-2-5-8(10)7(15(13)14)4-3-6-9(8,11)12;/h2-4,6,15H,1,5H2,(H,13,14);/q;+1/p-1. The van der Waals surface area contributed by atoms with Gasteiger partial charge in [0.1, 0.15) is 0 Å². The van der Waals surface area contributed by atoms with Gasteiger partial charge in [0.2, 0.25) is 5.67 Å². The van der Waals surface area contributed by atoms with Crippen LogP contribution in [0, 0.1) is 0 Å². The summed E-state index contributed by atoms with van der Waals surface area (Å²) < 4.78 is 51.1. The van der Waals surface area contributed by atoms with E-state index in [1.54, 1.807) is 0 Å². The average Bonchev–Trinajstić information content (AvgIpc) is 2.10. The van der Waals surface area contributed by atoms with E-state index >= 15 is 0 Å². The Labute approximate surface area is 114 Å². The molecule has 84 valence electrons. The molecule has 7 heteroatoms. The summed E-state index contributed by atoms with van der Waals surface area (Å²) in [7, 11) is -3.73. The molecule has 0 aromatic rings. The smallest absolute Gasteiger partial charge is 0.798 e.